The van der Waals surface area contributed by atoms with Crippen LogP contribution in [0.25, 0.3) is 4.96 Å². The number of thiazole rings is 1. The molecule has 21 heavy (non-hydrogen) atoms. The zero-order valence-electron chi connectivity index (χ0n) is 11.6. The van der Waals surface area contributed by atoms with Crippen LogP contribution in [-0.2, 0) is 0 Å². The smallest absolute Gasteiger partial charge is 0.271 e. The fourth-order valence-corrected chi connectivity index (χ4v) is 2.80. The Kier molecular flexibility index (Phi) is 3.31. The molecule has 0 saturated carbocycles. The summed E-state index contributed by atoms with van der Waals surface area (Å²) in [4.78, 5) is 29.2. The monoisotopic (exact) mass is 299 g/mol. The molecule has 3 rings (SSSR count). The van der Waals surface area contributed by atoms with Gasteiger partial charge in [0.2, 0.25) is 0 Å². The second-order valence-electron chi connectivity index (χ2n) is 4.81. The van der Waals surface area contributed by atoms with Gasteiger partial charge in [0, 0.05) is 23.5 Å². The maximum absolute atomic E-state index is 12.3. The van der Waals surface area contributed by atoms with E-state index in [2.05, 4.69) is 10.3 Å². The van der Waals surface area contributed by atoms with Crippen molar-refractivity contribution >= 4 is 27.9 Å². The number of carbonyl (C=O) groups excluding carboxylic acids is 1. The Labute approximate surface area is 124 Å². The third kappa shape index (κ3) is 2.45. The van der Waals surface area contributed by atoms with E-state index in [4.69, 9.17) is 0 Å². The lowest BCUT2D eigenvalue weighted by Gasteiger charge is -2.08. The van der Waals surface area contributed by atoms with Crippen LogP contribution in [0.15, 0.2) is 40.8 Å². The summed E-state index contributed by atoms with van der Waals surface area (Å²) in [6.07, 6.45) is 2.94. The number of aromatic nitrogens is 2. The molecule has 1 aromatic carbocycles. The van der Waals surface area contributed by atoms with Gasteiger partial charge < -0.3 is 5.32 Å². The molecule has 0 atom stereocenters. The Hall–Kier alpha value is -2.47. The van der Waals surface area contributed by atoms with Crippen LogP contribution >= 0.6 is 11.3 Å². The van der Waals surface area contributed by atoms with E-state index in [0.29, 0.717) is 10.6 Å². The maximum atomic E-state index is 12.3. The molecular formula is C15H13N3O2S. The number of nitrogens with one attached hydrogen (secondary N) is 1. The minimum Gasteiger partial charge on any atom is -0.322 e. The van der Waals surface area contributed by atoms with Crippen LogP contribution in [0.3, 0.4) is 0 Å². The van der Waals surface area contributed by atoms with E-state index < -0.39 is 5.91 Å². The highest BCUT2D eigenvalue weighted by Crippen LogP contribution is 2.16. The molecule has 1 amide bonds. The molecule has 0 unspecified atom stereocenters. The Balaban J connectivity index is 1.97. The summed E-state index contributed by atoms with van der Waals surface area (Å²) in [6, 6.07) is 5.72. The molecule has 0 fully saturated rings. The van der Waals surface area contributed by atoms with Crippen molar-refractivity contribution in [3.05, 3.63) is 63.0 Å². The van der Waals surface area contributed by atoms with E-state index in [9.17, 15) is 9.59 Å². The Morgan fingerprint density at radius 1 is 1.33 bits per heavy atom. The average molecular weight is 299 g/mol. The molecule has 0 aliphatic heterocycles. The summed E-state index contributed by atoms with van der Waals surface area (Å²) in [7, 11) is 0. The van der Waals surface area contributed by atoms with Crippen molar-refractivity contribution in [1.82, 2.24) is 9.38 Å². The van der Waals surface area contributed by atoms with Crippen molar-refractivity contribution in [2.75, 3.05) is 5.32 Å². The SMILES string of the molecule is Cc1ccc(NC(=O)c2cnc3sccn3c2=O)c(C)c1. The van der Waals surface area contributed by atoms with E-state index in [0.717, 1.165) is 11.1 Å². The molecule has 106 valence electrons. The van der Waals surface area contributed by atoms with Crippen LogP contribution < -0.4 is 10.9 Å². The summed E-state index contributed by atoms with van der Waals surface area (Å²) < 4.78 is 1.38. The van der Waals surface area contributed by atoms with Gasteiger partial charge in [0.15, 0.2) is 4.96 Å². The molecule has 0 spiro atoms. The number of carbonyl (C=O) groups is 1. The van der Waals surface area contributed by atoms with Gasteiger partial charge in [0.1, 0.15) is 5.56 Å². The van der Waals surface area contributed by atoms with Crippen molar-refractivity contribution in [2.45, 2.75) is 13.8 Å². The lowest BCUT2D eigenvalue weighted by Crippen LogP contribution is -2.26. The predicted octanol–water partition coefficient (Wildman–Crippen LogP) is 2.63. The highest BCUT2D eigenvalue weighted by molar-refractivity contribution is 7.15. The minimum absolute atomic E-state index is 0.0332. The van der Waals surface area contributed by atoms with Crippen molar-refractivity contribution < 1.29 is 4.79 Å². The van der Waals surface area contributed by atoms with Gasteiger partial charge in [-0.05, 0) is 25.5 Å². The van der Waals surface area contributed by atoms with E-state index >= 15 is 0 Å². The number of nitrogens with zero attached hydrogens (tertiary/aromatic N) is 2. The van der Waals surface area contributed by atoms with Gasteiger partial charge in [0.05, 0.1) is 0 Å². The van der Waals surface area contributed by atoms with Crippen LogP contribution in [0, 0.1) is 13.8 Å². The number of benzene rings is 1. The Morgan fingerprint density at radius 2 is 2.14 bits per heavy atom. The third-order valence-electron chi connectivity index (χ3n) is 3.22. The average Bonchev–Trinajstić information content (AvgIpc) is 2.91. The molecule has 0 radical (unpaired) electrons. The lowest BCUT2D eigenvalue weighted by atomic mass is 10.1. The van der Waals surface area contributed by atoms with Gasteiger partial charge >= 0.3 is 0 Å². The zero-order valence-corrected chi connectivity index (χ0v) is 12.4. The van der Waals surface area contributed by atoms with Crippen molar-refractivity contribution in [3.8, 4) is 0 Å². The van der Waals surface area contributed by atoms with Gasteiger partial charge in [-0.3, -0.25) is 14.0 Å². The van der Waals surface area contributed by atoms with Gasteiger partial charge in [-0.2, -0.15) is 0 Å². The molecule has 3 aromatic rings. The number of aryl methyl sites for hydroxylation is 2. The largest absolute Gasteiger partial charge is 0.322 e. The first-order chi connectivity index (χ1) is 10.1. The number of rotatable bonds is 2. The van der Waals surface area contributed by atoms with Gasteiger partial charge in [0.25, 0.3) is 11.5 Å². The number of fused-ring (bicyclic) bond motifs is 1. The molecule has 2 aromatic heterocycles. The predicted molar refractivity (Wildman–Crippen MR) is 83.2 cm³/mol. The first-order valence-corrected chi connectivity index (χ1v) is 7.27. The highest BCUT2D eigenvalue weighted by Gasteiger charge is 2.14. The van der Waals surface area contributed by atoms with Crippen LogP contribution in [0.1, 0.15) is 21.5 Å². The molecule has 0 aliphatic carbocycles. The quantitative estimate of drug-likeness (QED) is 0.791. The van der Waals surface area contributed by atoms with Crippen molar-refractivity contribution in [2.24, 2.45) is 0 Å². The fraction of sp³-hybridized carbons (Fsp3) is 0.133. The summed E-state index contributed by atoms with van der Waals surface area (Å²) in [5.74, 6) is -0.444. The Bertz CT molecular complexity index is 895. The summed E-state index contributed by atoms with van der Waals surface area (Å²) in [5.41, 5.74) is 2.44. The standard InChI is InChI=1S/C15H13N3O2S/c1-9-3-4-12(10(2)7-9)17-13(19)11-8-16-15-18(14(11)20)5-6-21-15/h3-8H,1-2H3,(H,17,19). The maximum Gasteiger partial charge on any atom is 0.271 e. The van der Waals surface area contributed by atoms with E-state index in [1.54, 1.807) is 11.6 Å². The molecule has 2 heterocycles. The first-order valence-electron chi connectivity index (χ1n) is 6.40. The summed E-state index contributed by atoms with van der Waals surface area (Å²) >= 11 is 1.35. The van der Waals surface area contributed by atoms with Crippen LogP contribution in [0.4, 0.5) is 5.69 Å². The number of hydrogen-bond acceptors (Lipinski definition) is 4. The fourth-order valence-electron chi connectivity index (χ4n) is 2.12. The molecule has 6 heteroatoms. The number of amides is 1. The first kappa shape index (κ1) is 13.5. The van der Waals surface area contributed by atoms with E-state index in [1.165, 1.54) is 21.9 Å². The third-order valence-corrected chi connectivity index (χ3v) is 3.99. The topological polar surface area (TPSA) is 63.5 Å². The van der Waals surface area contributed by atoms with Gasteiger partial charge in [-0.25, -0.2) is 4.98 Å². The molecule has 0 saturated heterocycles. The minimum atomic E-state index is -0.444. The molecule has 1 N–H and O–H groups in total. The molecule has 0 bridgehead atoms. The van der Waals surface area contributed by atoms with Crippen LogP contribution in [0.2, 0.25) is 0 Å². The molecule has 5 nitrogen and oxygen atoms in total. The summed E-state index contributed by atoms with van der Waals surface area (Å²) in [6.45, 7) is 3.90. The van der Waals surface area contributed by atoms with Crippen LogP contribution in [-0.4, -0.2) is 15.3 Å². The Morgan fingerprint density at radius 3 is 2.90 bits per heavy atom. The summed E-state index contributed by atoms with van der Waals surface area (Å²) in [5, 5.41) is 4.52. The second kappa shape index (κ2) is 5.14. The zero-order chi connectivity index (χ0) is 15.0. The second-order valence-corrected chi connectivity index (χ2v) is 5.68. The lowest BCUT2D eigenvalue weighted by molar-refractivity contribution is 0.102. The number of anilines is 1. The highest BCUT2D eigenvalue weighted by atomic mass is 32.1. The van der Waals surface area contributed by atoms with Crippen LogP contribution in [0.5, 0.6) is 0 Å². The van der Waals surface area contributed by atoms with Crippen molar-refractivity contribution in [1.29, 1.82) is 0 Å². The molecule has 0 aliphatic rings. The van der Waals surface area contributed by atoms with E-state index in [1.807, 2.05) is 32.0 Å². The molecular weight excluding hydrogens is 286 g/mol. The number of hydrogen-bond donors (Lipinski definition) is 1. The van der Waals surface area contributed by atoms with Gasteiger partial charge in [-0.15, -0.1) is 11.3 Å². The van der Waals surface area contributed by atoms with Crippen molar-refractivity contribution in [3.63, 3.8) is 0 Å². The normalized spacial score (nSPS) is 10.8. The van der Waals surface area contributed by atoms with E-state index in [-0.39, 0.29) is 11.1 Å². The van der Waals surface area contributed by atoms with Gasteiger partial charge in [-0.1, -0.05) is 17.7 Å².